The largest absolute Gasteiger partial charge is 0.496 e. The van der Waals surface area contributed by atoms with E-state index in [-0.39, 0.29) is 5.91 Å². The Hall–Kier alpha value is -4.18. The van der Waals surface area contributed by atoms with Crippen molar-refractivity contribution in [3.63, 3.8) is 0 Å². The van der Waals surface area contributed by atoms with Gasteiger partial charge in [0.1, 0.15) is 5.75 Å². The molecule has 31 heavy (non-hydrogen) atoms. The van der Waals surface area contributed by atoms with Crippen LogP contribution in [0.15, 0.2) is 96.1 Å². The minimum atomic E-state index is -0.316. The lowest BCUT2D eigenvalue weighted by Crippen LogP contribution is -2.18. The molecule has 4 nitrogen and oxygen atoms in total. The van der Waals surface area contributed by atoms with Gasteiger partial charge in [0.25, 0.3) is 5.91 Å². The Morgan fingerprint density at radius 3 is 1.94 bits per heavy atom. The van der Waals surface area contributed by atoms with E-state index in [4.69, 9.17) is 4.74 Å². The molecule has 0 aromatic heterocycles. The summed E-state index contributed by atoms with van der Waals surface area (Å²) in [5.74, 6) is 0.199. The number of hydrogen-bond acceptors (Lipinski definition) is 3. The SMILES string of the molecule is COc1cc2ccccc2cc1C(=O)N/N=C\c1c2ccccc2cc2ccccc12. The van der Waals surface area contributed by atoms with Gasteiger partial charge >= 0.3 is 0 Å². The zero-order chi connectivity index (χ0) is 21.2. The first-order chi connectivity index (χ1) is 15.2. The summed E-state index contributed by atoms with van der Waals surface area (Å²) in [6.45, 7) is 0. The Morgan fingerprint density at radius 1 is 0.774 bits per heavy atom. The number of amides is 1. The number of ether oxygens (including phenoxy) is 1. The summed E-state index contributed by atoms with van der Waals surface area (Å²) in [7, 11) is 1.56. The lowest BCUT2D eigenvalue weighted by atomic mass is 9.97. The number of hydrazone groups is 1. The van der Waals surface area contributed by atoms with Crippen LogP contribution < -0.4 is 10.2 Å². The van der Waals surface area contributed by atoms with Gasteiger partial charge < -0.3 is 4.74 Å². The van der Waals surface area contributed by atoms with E-state index in [9.17, 15) is 4.79 Å². The molecular weight excluding hydrogens is 384 g/mol. The van der Waals surface area contributed by atoms with Crippen molar-refractivity contribution in [2.75, 3.05) is 7.11 Å². The first-order valence-electron chi connectivity index (χ1n) is 10.1. The molecule has 0 unspecified atom stereocenters. The van der Waals surface area contributed by atoms with Gasteiger partial charge in [-0.3, -0.25) is 4.79 Å². The van der Waals surface area contributed by atoms with E-state index < -0.39 is 0 Å². The summed E-state index contributed by atoms with van der Waals surface area (Å²) in [5, 5.41) is 10.7. The number of carbonyl (C=O) groups excluding carboxylic acids is 1. The third-order valence-corrected chi connectivity index (χ3v) is 5.49. The van der Waals surface area contributed by atoms with Gasteiger partial charge in [-0.1, -0.05) is 72.8 Å². The molecular formula is C27H20N2O2. The third-order valence-electron chi connectivity index (χ3n) is 5.49. The first kappa shape index (κ1) is 18.8. The molecule has 0 saturated carbocycles. The zero-order valence-corrected chi connectivity index (χ0v) is 17.0. The summed E-state index contributed by atoms with van der Waals surface area (Å²) in [6, 6.07) is 30.1. The van der Waals surface area contributed by atoms with E-state index >= 15 is 0 Å². The second kappa shape index (κ2) is 7.92. The molecule has 0 atom stereocenters. The van der Waals surface area contributed by atoms with Gasteiger partial charge in [-0.05, 0) is 50.5 Å². The second-order valence-corrected chi connectivity index (χ2v) is 7.33. The lowest BCUT2D eigenvalue weighted by Gasteiger charge is -2.10. The van der Waals surface area contributed by atoms with Gasteiger partial charge in [-0.2, -0.15) is 5.10 Å². The van der Waals surface area contributed by atoms with Crippen LogP contribution in [0.25, 0.3) is 32.3 Å². The van der Waals surface area contributed by atoms with Crippen LogP contribution in [0.3, 0.4) is 0 Å². The van der Waals surface area contributed by atoms with Crippen molar-refractivity contribution in [3.05, 3.63) is 102 Å². The normalized spacial score (nSPS) is 11.4. The van der Waals surface area contributed by atoms with Gasteiger partial charge in [-0.25, -0.2) is 5.43 Å². The molecule has 5 rings (SSSR count). The zero-order valence-electron chi connectivity index (χ0n) is 17.0. The monoisotopic (exact) mass is 404 g/mol. The molecule has 0 bridgehead atoms. The fourth-order valence-electron chi connectivity index (χ4n) is 3.97. The maximum atomic E-state index is 12.9. The minimum absolute atomic E-state index is 0.316. The van der Waals surface area contributed by atoms with Crippen LogP contribution in [-0.4, -0.2) is 19.2 Å². The highest BCUT2D eigenvalue weighted by atomic mass is 16.5. The predicted molar refractivity (Wildman–Crippen MR) is 127 cm³/mol. The molecule has 0 saturated heterocycles. The summed E-state index contributed by atoms with van der Waals surface area (Å²) in [6.07, 6.45) is 1.72. The van der Waals surface area contributed by atoms with Gasteiger partial charge in [0.05, 0.1) is 18.9 Å². The first-order valence-corrected chi connectivity index (χ1v) is 10.1. The van der Waals surface area contributed by atoms with Gasteiger partial charge in [0, 0.05) is 5.56 Å². The second-order valence-electron chi connectivity index (χ2n) is 7.33. The molecule has 1 amide bonds. The number of benzene rings is 5. The Bertz CT molecular complexity index is 1420. The summed E-state index contributed by atoms with van der Waals surface area (Å²) in [4.78, 5) is 12.9. The topological polar surface area (TPSA) is 50.7 Å². The van der Waals surface area contributed by atoms with E-state index in [1.807, 2.05) is 60.7 Å². The van der Waals surface area contributed by atoms with Crippen molar-refractivity contribution in [3.8, 4) is 5.75 Å². The van der Waals surface area contributed by atoms with E-state index in [2.05, 4.69) is 40.9 Å². The van der Waals surface area contributed by atoms with Crippen LogP contribution in [0.2, 0.25) is 0 Å². The lowest BCUT2D eigenvalue weighted by molar-refractivity contribution is 0.0952. The maximum absolute atomic E-state index is 12.9. The summed E-state index contributed by atoms with van der Waals surface area (Å²) in [5.41, 5.74) is 4.08. The summed E-state index contributed by atoms with van der Waals surface area (Å²) < 4.78 is 5.44. The Balaban J connectivity index is 1.51. The van der Waals surface area contributed by atoms with E-state index in [0.717, 1.165) is 37.9 Å². The van der Waals surface area contributed by atoms with Crippen molar-refractivity contribution in [2.45, 2.75) is 0 Å². The third kappa shape index (κ3) is 3.49. The van der Waals surface area contributed by atoms with Crippen molar-refractivity contribution in [2.24, 2.45) is 5.10 Å². The van der Waals surface area contributed by atoms with Crippen LogP contribution in [0.1, 0.15) is 15.9 Å². The number of nitrogens with one attached hydrogen (secondary N) is 1. The standard InChI is InChI=1S/C27H20N2O2/c1-31-26-16-19-9-3-2-8-18(19)15-24(26)27(30)29-28-17-25-22-12-6-4-10-20(22)14-21-11-5-7-13-23(21)25/h2-17H,1H3,(H,29,30)/b28-17-. The van der Waals surface area contributed by atoms with Crippen LogP contribution in [0.4, 0.5) is 0 Å². The Labute approximate surface area is 179 Å². The highest BCUT2D eigenvalue weighted by molar-refractivity contribution is 6.13. The van der Waals surface area contributed by atoms with Crippen molar-refractivity contribution in [1.82, 2.24) is 5.43 Å². The molecule has 5 aromatic rings. The van der Waals surface area contributed by atoms with E-state index in [1.54, 1.807) is 13.3 Å². The van der Waals surface area contributed by atoms with Gasteiger partial charge in [0.2, 0.25) is 0 Å². The average Bonchev–Trinajstić information content (AvgIpc) is 2.82. The molecule has 1 N–H and O–H groups in total. The number of fused-ring (bicyclic) bond motifs is 3. The van der Waals surface area contributed by atoms with E-state index in [0.29, 0.717) is 11.3 Å². The molecule has 0 aliphatic carbocycles. The van der Waals surface area contributed by atoms with Crippen LogP contribution in [0, 0.1) is 0 Å². The number of rotatable bonds is 4. The number of nitrogens with zero attached hydrogens (tertiary/aromatic N) is 1. The molecule has 4 heteroatoms. The highest BCUT2D eigenvalue weighted by Gasteiger charge is 2.13. The summed E-state index contributed by atoms with van der Waals surface area (Å²) >= 11 is 0. The fourth-order valence-corrected chi connectivity index (χ4v) is 3.97. The Kier molecular flexibility index (Phi) is 4.81. The predicted octanol–water partition coefficient (Wildman–Crippen LogP) is 5.92. The molecule has 5 aromatic carbocycles. The Morgan fingerprint density at radius 2 is 1.32 bits per heavy atom. The number of methoxy groups -OCH3 is 1. The quantitative estimate of drug-likeness (QED) is 0.230. The molecule has 150 valence electrons. The molecule has 0 fully saturated rings. The molecule has 0 aliphatic heterocycles. The number of carbonyl (C=O) groups is 1. The smallest absolute Gasteiger partial charge is 0.275 e. The molecule has 0 spiro atoms. The van der Waals surface area contributed by atoms with Crippen LogP contribution >= 0.6 is 0 Å². The minimum Gasteiger partial charge on any atom is -0.496 e. The van der Waals surface area contributed by atoms with Gasteiger partial charge in [0.15, 0.2) is 0 Å². The maximum Gasteiger partial charge on any atom is 0.275 e. The average molecular weight is 404 g/mol. The van der Waals surface area contributed by atoms with Crippen LogP contribution in [0.5, 0.6) is 5.75 Å². The van der Waals surface area contributed by atoms with Crippen molar-refractivity contribution >= 4 is 44.4 Å². The van der Waals surface area contributed by atoms with Crippen LogP contribution in [-0.2, 0) is 0 Å². The van der Waals surface area contributed by atoms with Crippen molar-refractivity contribution in [1.29, 1.82) is 0 Å². The molecule has 0 aliphatic rings. The number of hydrogen-bond donors (Lipinski definition) is 1. The molecule has 0 heterocycles. The molecule has 0 radical (unpaired) electrons. The van der Waals surface area contributed by atoms with Gasteiger partial charge in [-0.15, -0.1) is 0 Å². The fraction of sp³-hybridized carbons (Fsp3) is 0.0370. The van der Waals surface area contributed by atoms with Crippen molar-refractivity contribution < 1.29 is 9.53 Å². The highest BCUT2D eigenvalue weighted by Crippen LogP contribution is 2.28. The van der Waals surface area contributed by atoms with E-state index in [1.165, 1.54) is 0 Å².